The smallest absolute Gasteiger partial charge is 0.255 e. The molecule has 1 atom stereocenters. The lowest BCUT2D eigenvalue weighted by Crippen LogP contribution is -2.39. The Balaban J connectivity index is 1.44. The first-order valence-electron chi connectivity index (χ1n) is 11.0. The van der Waals surface area contributed by atoms with Gasteiger partial charge in [0.05, 0.1) is 17.2 Å². The van der Waals surface area contributed by atoms with E-state index in [4.69, 9.17) is 0 Å². The van der Waals surface area contributed by atoms with E-state index in [0.29, 0.717) is 35.9 Å². The number of amides is 2. The monoisotopic (exact) mass is 448 g/mol. The molecule has 4 rings (SSSR count). The molecule has 2 aromatic heterocycles. The van der Waals surface area contributed by atoms with Gasteiger partial charge in [0.15, 0.2) is 0 Å². The lowest BCUT2D eigenvalue weighted by molar-refractivity contribution is -0.123. The fourth-order valence-corrected chi connectivity index (χ4v) is 4.39. The van der Waals surface area contributed by atoms with Crippen molar-refractivity contribution < 1.29 is 14.7 Å². The molecule has 3 heterocycles. The number of hydrogen-bond acceptors (Lipinski definition) is 7. The van der Waals surface area contributed by atoms with Crippen LogP contribution in [-0.4, -0.2) is 57.5 Å². The van der Waals surface area contributed by atoms with Crippen LogP contribution in [0.15, 0.2) is 36.7 Å². The summed E-state index contributed by atoms with van der Waals surface area (Å²) in [6.07, 6.45) is 5.51. The number of aromatic nitrogens is 2. The normalized spacial score (nSPS) is 20.5. The van der Waals surface area contributed by atoms with Gasteiger partial charge in [-0.1, -0.05) is 0 Å². The number of rotatable bonds is 7. The number of nitrogens with one attached hydrogen (secondary N) is 1. The molecule has 2 N–H and O–H groups in total. The Bertz CT molecular complexity index is 1100. The first kappa shape index (κ1) is 22.7. The van der Waals surface area contributed by atoms with Gasteiger partial charge >= 0.3 is 0 Å². The number of aliphatic hydroxyl groups is 1. The summed E-state index contributed by atoms with van der Waals surface area (Å²) in [6.45, 7) is 4.00. The van der Waals surface area contributed by atoms with Gasteiger partial charge in [0.2, 0.25) is 5.91 Å². The van der Waals surface area contributed by atoms with E-state index in [2.05, 4.69) is 21.4 Å². The van der Waals surface area contributed by atoms with E-state index in [1.807, 2.05) is 0 Å². The second kappa shape index (κ2) is 8.45. The zero-order valence-electron chi connectivity index (χ0n) is 19.1. The SMILES string of the molecule is CN(CC(C)(C)O)C(=O)c1ccc(Nc2cc(N3CC[C@@](C#N)(C4CC4)C3=O)ccn2)nc1. The number of hydrogen-bond donors (Lipinski definition) is 2. The zero-order valence-corrected chi connectivity index (χ0v) is 19.1. The van der Waals surface area contributed by atoms with Crippen LogP contribution in [0, 0.1) is 22.7 Å². The standard InChI is InChI=1S/C24H28N6O3/c1-23(2,33)15-29(3)21(31)16-4-7-19(27-13-16)28-20-12-18(8-10-26-20)30-11-9-24(14-25,22(30)32)17-5-6-17/h4,7-8,10,12-13,17,33H,5-6,9,11,15H2,1-3H3,(H,26,27,28)/t24-/m1/s1. The van der Waals surface area contributed by atoms with Gasteiger partial charge < -0.3 is 20.2 Å². The fourth-order valence-electron chi connectivity index (χ4n) is 4.39. The van der Waals surface area contributed by atoms with E-state index in [-0.39, 0.29) is 24.3 Å². The van der Waals surface area contributed by atoms with Crippen LogP contribution >= 0.6 is 0 Å². The molecule has 1 saturated heterocycles. The second-order valence-electron chi connectivity index (χ2n) is 9.49. The number of nitriles is 1. The zero-order chi connectivity index (χ0) is 23.8. The van der Waals surface area contributed by atoms with Gasteiger partial charge in [-0.3, -0.25) is 9.59 Å². The van der Waals surface area contributed by atoms with E-state index in [1.165, 1.54) is 11.1 Å². The average molecular weight is 449 g/mol. The highest BCUT2D eigenvalue weighted by molar-refractivity contribution is 6.02. The number of carbonyl (C=O) groups excluding carboxylic acids is 2. The lowest BCUT2D eigenvalue weighted by Gasteiger charge is -2.25. The molecule has 1 aliphatic carbocycles. The molecule has 33 heavy (non-hydrogen) atoms. The van der Waals surface area contributed by atoms with Gasteiger partial charge in [-0.25, -0.2) is 9.97 Å². The van der Waals surface area contributed by atoms with Gasteiger partial charge in [-0.05, 0) is 57.2 Å². The van der Waals surface area contributed by atoms with E-state index >= 15 is 0 Å². The van der Waals surface area contributed by atoms with E-state index in [1.54, 1.807) is 56.3 Å². The molecule has 2 amide bonds. The molecule has 2 fully saturated rings. The minimum absolute atomic E-state index is 0.124. The molecule has 1 saturated carbocycles. The Hall–Kier alpha value is -3.51. The number of likely N-dealkylation sites (N-methyl/N-ethyl adjacent to an activating group) is 1. The molecule has 172 valence electrons. The topological polar surface area (TPSA) is 122 Å². The quantitative estimate of drug-likeness (QED) is 0.668. The number of carbonyl (C=O) groups is 2. The average Bonchev–Trinajstić information content (AvgIpc) is 3.57. The Kier molecular flexibility index (Phi) is 5.80. The Morgan fingerprint density at radius 2 is 2.09 bits per heavy atom. The van der Waals surface area contributed by atoms with Crippen molar-refractivity contribution in [3.63, 3.8) is 0 Å². The number of pyridine rings is 2. The van der Waals surface area contributed by atoms with Crippen LogP contribution in [0.5, 0.6) is 0 Å². The maximum Gasteiger partial charge on any atom is 0.255 e. The predicted octanol–water partition coefficient (Wildman–Crippen LogP) is 2.72. The van der Waals surface area contributed by atoms with E-state index in [0.717, 1.165) is 12.8 Å². The van der Waals surface area contributed by atoms with Crippen LogP contribution in [0.4, 0.5) is 17.3 Å². The molecule has 0 spiro atoms. The Morgan fingerprint density at radius 1 is 1.33 bits per heavy atom. The molecule has 0 bridgehead atoms. The van der Waals surface area contributed by atoms with Crippen molar-refractivity contribution >= 4 is 29.1 Å². The fraction of sp³-hybridized carbons (Fsp3) is 0.458. The van der Waals surface area contributed by atoms with Crippen molar-refractivity contribution in [2.24, 2.45) is 11.3 Å². The van der Waals surface area contributed by atoms with Crippen LogP contribution in [0.3, 0.4) is 0 Å². The largest absolute Gasteiger partial charge is 0.389 e. The van der Waals surface area contributed by atoms with Crippen LogP contribution in [-0.2, 0) is 4.79 Å². The summed E-state index contributed by atoms with van der Waals surface area (Å²) in [5.74, 6) is 0.819. The van der Waals surface area contributed by atoms with Gasteiger partial charge in [-0.2, -0.15) is 5.26 Å². The third kappa shape index (κ3) is 4.66. The molecule has 0 radical (unpaired) electrons. The van der Waals surface area contributed by atoms with Crippen LogP contribution in [0.2, 0.25) is 0 Å². The molecule has 2 aliphatic rings. The van der Waals surface area contributed by atoms with Gasteiger partial charge in [0.1, 0.15) is 17.1 Å². The Labute approximate surface area is 193 Å². The van der Waals surface area contributed by atoms with Crippen LogP contribution in [0.25, 0.3) is 0 Å². The minimum Gasteiger partial charge on any atom is -0.389 e. The summed E-state index contributed by atoms with van der Waals surface area (Å²) in [4.78, 5) is 37.3. The van der Waals surface area contributed by atoms with Crippen molar-refractivity contribution in [3.05, 3.63) is 42.2 Å². The van der Waals surface area contributed by atoms with E-state index < -0.39 is 11.0 Å². The molecule has 0 unspecified atom stereocenters. The number of nitrogens with zero attached hydrogens (tertiary/aromatic N) is 5. The lowest BCUT2D eigenvalue weighted by atomic mass is 9.83. The summed E-state index contributed by atoms with van der Waals surface area (Å²) in [7, 11) is 1.63. The van der Waals surface area contributed by atoms with Gasteiger partial charge in [0, 0.05) is 44.3 Å². The maximum absolute atomic E-state index is 13.1. The second-order valence-corrected chi connectivity index (χ2v) is 9.49. The third-order valence-corrected chi connectivity index (χ3v) is 6.12. The first-order valence-corrected chi connectivity index (χ1v) is 11.0. The molecule has 1 aliphatic heterocycles. The molecule has 9 nitrogen and oxygen atoms in total. The minimum atomic E-state index is -0.988. The summed E-state index contributed by atoms with van der Waals surface area (Å²) in [5, 5.41) is 22.7. The summed E-state index contributed by atoms with van der Waals surface area (Å²) < 4.78 is 0. The van der Waals surface area contributed by atoms with Crippen molar-refractivity contribution in [2.45, 2.75) is 38.7 Å². The molecule has 0 aromatic carbocycles. The maximum atomic E-state index is 13.1. The predicted molar refractivity (Wildman–Crippen MR) is 123 cm³/mol. The first-order chi connectivity index (χ1) is 15.6. The molecular formula is C24H28N6O3. The molecule has 2 aromatic rings. The van der Waals surface area contributed by atoms with Crippen LogP contribution in [0.1, 0.15) is 43.5 Å². The number of anilines is 3. The third-order valence-electron chi connectivity index (χ3n) is 6.12. The summed E-state index contributed by atoms with van der Waals surface area (Å²) >= 11 is 0. The van der Waals surface area contributed by atoms with Gasteiger partial charge in [-0.15, -0.1) is 0 Å². The Morgan fingerprint density at radius 3 is 2.70 bits per heavy atom. The van der Waals surface area contributed by atoms with Gasteiger partial charge in [0.25, 0.3) is 5.91 Å². The highest BCUT2D eigenvalue weighted by Gasteiger charge is 2.56. The summed E-state index contributed by atoms with van der Waals surface area (Å²) in [5.41, 5.74) is -0.780. The highest BCUT2D eigenvalue weighted by atomic mass is 16.3. The van der Waals surface area contributed by atoms with E-state index in [9.17, 15) is 20.0 Å². The van der Waals surface area contributed by atoms with Crippen LogP contribution < -0.4 is 10.2 Å². The van der Waals surface area contributed by atoms with Crippen molar-refractivity contribution in [3.8, 4) is 6.07 Å². The molecule has 9 heteroatoms. The van der Waals surface area contributed by atoms with Crippen molar-refractivity contribution in [1.82, 2.24) is 14.9 Å². The molecular weight excluding hydrogens is 420 g/mol. The summed E-state index contributed by atoms with van der Waals surface area (Å²) in [6, 6.07) is 9.15. The highest BCUT2D eigenvalue weighted by Crippen LogP contribution is 2.51. The van der Waals surface area contributed by atoms with Crippen molar-refractivity contribution in [1.29, 1.82) is 5.26 Å². The van der Waals surface area contributed by atoms with Crippen molar-refractivity contribution in [2.75, 3.05) is 30.4 Å².